The largest absolute Gasteiger partial charge is 0.295 e. The van der Waals surface area contributed by atoms with Crippen LogP contribution >= 0.6 is 23.1 Å². The Morgan fingerprint density at radius 1 is 1.25 bits per heavy atom. The molecule has 0 saturated heterocycles. The van der Waals surface area contributed by atoms with Gasteiger partial charge in [0.2, 0.25) is 0 Å². The van der Waals surface area contributed by atoms with E-state index < -0.39 is 5.54 Å². The summed E-state index contributed by atoms with van der Waals surface area (Å²) >= 11 is 3.46. The number of nitriles is 1. The smallest absolute Gasteiger partial charge is 0.141 e. The van der Waals surface area contributed by atoms with Crippen LogP contribution in [-0.4, -0.2) is 12.3 Å². The Bertz CT molecular complexity index is 546. The molecule has 0 radical (unpaired) electrons. The predicted molar refractivity (Wildman–Crippen MR) is 87.1 cm³/mol. The van der Waals surface area contributed by atoms with Gasteiger partial charge in [-0.25, -0.2) is 0 Å². The fourth-order valence-corrected chi connectivity index (χ4v) is 3.89. The van der Waals surface area contributed by atoms with Gasteiger partial charge < -0.3 is 0 Å². The van der Waals surface area contributed by atoms with E-state index in [0.717, 1.165) is 18.5 Å². The van der Waals surface area contributed by atoms with E-state index >= 15 is 0 Å². The van der Waals surface area contributed by atoms with Crippen LogP contribution in [0.25, 0.3) is 0 Å². The normalized spacial score (nSPS) is 13.6. The van der Waals surface area contributed by atoms with Crippen LogP contribution in [-0.2, 0) is 5.54 Å². The van der Waals surface area contributed by atoms with Gasteiger partial charge in [0.1, 0.15) is 5.54 Å². The van der Waals surface area contributed by atoms with Crippen LogP contribution in [0, 0.1) is 11.3 Å². The number of hydrogen-bond acceptors (Lipinski definition) is 4. The van der Waals surface area contributed by atoms with Gasteiger partial charge >= 0.3 is 0 Å². The fourth-order valence-electron chi connectivity index (χ4n) is 1.96. The van der Waals surface area contributed by atoms with E-state index in [9.17, 15) is 5.26 Å². The molecule has 1 atom stereocenters. The number of nitrogens with zero attached hydrogens (tertiary/aromatic N) is 1. The molecule has 1 aromatic heterocycles. The van der Waals surface area contributed by atoms with Crippen LogP contribution in [0.3, 0.4) is 0 Å². The van der Waals surface area contributed by atoms with Gasteiger partial charge in [0.25, 0.3) is 0 Å². The van der Waals surface area contributed by atoms with Gasteiger partial charge in [0, 0.05) is 5.75 Å². The summed E-state index contributed by atoms with van der Waals surface area (Å²) < 4.78 is 1.25. The summed E-state index contributed by atoms with van der Waals surface area (Å²) in [5.74, 6) is 0.716. The third kappa shape index (κ3) is 3.63. The first kappa shape index (κ1) is 15.1. The minimum Gasteiger partial charge on any atom is -0.295 e. The lowest BCUT2D eigenvalue weighted by Crippen LogP contribution is -2.43. The molecule has 1 heterocycles. The summed E-state index contributed by atoms with van der Waals surface area (Å²) in [4.78, 5) is 0. The molecule has 2 aromatic rings. The first-order chi connectivity index (χ1) is 9.80. The average Bonchev–Trinajstić information content (AvgIpc) is 3.02. The zero-order valence-electron chi connectivity index (χ0n) is 11.5. The Morgan fingerprint density at radius 2 is 2.05 bits per heavy atom. The number of rotatable bonds is 7. The Labute approximate surface area is 128 Å². The van der Waals surface area contributed by atoms with Gasteiger partial charge in [0.05, 0.1) is 10.3 Å². The van der Waals surface area contributed by atoms with Gasteiger partial charge in [-0.05, 0) is 30.0 Å². The summed E-state index contributed by atoms with van der Waals surface area (Å²) in [6.45, 7) is 2.96. The Hall–Kier alpha value is -1.28. The summed E-state index contributed by atoms with van der Waals surface area (Å²) in [5.41, 5.74) is 0.423. The monoisotopic (exact) mass is 302 g/mol. The van der Waals surface area contributed by atoms with Gasteiger partial charge in [0.15, 0.2) is 0 Å². The van der Waals surface area contributed by atoms with Crippen molar-refractivity contribution in [3.63, 3.8) is 0 Å². The minimum absolute atomic E-state index is 0.619. The molecule has 0 aliphatic rings. The van der Waals surface area contributed by atoms with Crippen LogP contribution in [0.15, 0.2) is 52.1 Å². The molecule has 0 bridgehead atoms. The SMILES string of the molecule is CCCNC(C#N)(CSc1cccs1)c1ccccc1. The standard InChI is InChI=1S/C16H18N2S2/c1-2-10-18-16(12-17,14-7-4-3-5-8-14)13-20-15-9-6-11-19-15/h3-9,11,18H,2,10,13H2,1H3. The molecule has 0 aliphatic carbocycles. The van der Waals surface area contributed by atoms with Gasteiger partial charge in [-0.2, -0.15) is 5.26 Å². The molecule has 4 heteroatoms. The Kier molecular flexibility index (Phi) is 5.66. The van der Waals surface area contributed by atoms with Crippen LogP contribution in [0.2, 0.25) is 0 Å². The fraction of sp³-hybridized carbons (Fsp3) is 0.312. The number of nitrogens with one attached hydrogen (secondary N) is 1. The molecule has 0 saturated carbocycles. The second kappa shape index (κ2) is 7.49. The highest BCUT2D eigenvalue weighted by molar-refractivity contribution is 8.01. The molecule has 1 N–H and O–H groups in total. The van der Waals surface area contributed by atoms with Crippen molar-refractivity contribution in [3.05, 3.63) is 53.4 Å². The van der Waals surface area contributed by atoms with E-state index in [1.54, 1.807) is 23.1 Å². The average molecular weight is 302 g/mol. The third-order valence-corrected chi connectivity index (χ3v) is 5.36. The predicted octanol–water partition coefficient (Wildman–Crippen LogP) is 4.26. The zero-order valence-corrected chi connectivity index (χ0v) is 13.1. The van der Waals surface area contributed by atoms with E-state index in [1.165, 1.54) is 4.21 Å². The number of thioether (sulfide) groups is 1. The molecule has 1 unspecified atom stereocenters. The lowest BCUT2D eigenvalue weighted by atomic mass is 9.93. The maximum absolute atomic E-state index is 9.76. The molecule has 0 aliphatic heterocycles. The van der Waals surface area contributed by atoms with Crippen molar-refractivity contribution >= 4 is 23.1 Å². The van der Waals surface area contributed by atoms with Crippen molar-refractivity contribution in [2.75, 3.05) is 12.3 Å². The summed E-state index contributed by atoms with van der Waals surface area (Å²) in [7, 11) is 0. The highest BCUT2D eigenvalue weighted by atomic mass is 32.2. The number of hydrogen-bond donors (Lipinski definition) is 1. The van der Waals surface area contributed by atoms with Crippen molar-refractivity contribution < 1.29 is 0 Å². The molecule has 2 nitrogen and oxygen atoms in total. The zero-order chi connectivity index (χ0) is 14.3. The second-order valence-corrected chi connectivity index (χ2v) is 6.75. The Morgan fingerprint density at radius 3 is 2.65 bits per heavy atom. The van der Waals surface area contributed by atoms with E-state index in [4.69, 9.17) is 0 Å². The molecule has 0 fully saturated rings. The van der Waals surface area contributed by atoms with Crippen molar-refractivity contribution in [1.82, 2.24) is 5.32 Å². The first-order valence-electron chi connectivity index (χ1n) is 6.69. The van der Waals surface area contributed by atoms with E-state index in [1.807, 2.05) is 36.4 Å². The molecule has 0 amide bonds. The quantitative estimate of drug-likeness (QED) is 0.776. The lowest BCUT2D eigenvalue weighted by molar-refractivity contribution is 0.474. The third-order valence-electron chi connectivity index (χ3n) is 3.06. The molecule has 20 heavy (non-hydrogen) atoms. The van der Waals surface area contributed by atoms with E-state index in [2.05, 4.69) is 29.8 Å². The molecule has 104 valence electrons. The van der Waals surface area contributed by atoms with Gasteiger partial charge in [-0.3, -0.25) is 5.32 Å². The lowest BCUT2D eigenvalue weighted by Gasteiger charge is -2.28. The first-order valence-corrected chi connectivity index (χ1v) is 8.55. The van der Waals surface area contributed by atoms with Crippen LogP contribution in [0.5, 0.6) is 0 Å². The van der Waals surface area contributed by atoms with Gasteiger partial charge in [-0.15, -0.1) is 23.1 Å². The van der Waals surface area contributed by atoms with E-state index in [-0.39, 0.29) is 0 Å². The molecule has 2 rings (SSSR count). The van der Waals surface area contributed by atoms with Gasteiger partial charge in [-0.1, -0.05) is 43.3 Å². The van der Waals surface area contributed by atoms with Crippen LogP contribution in [0.1, 0.15) is 18.9 Å². The maximum atomic E-state index is 9.76. The van der Waals surface area contributed by atoms with Crippen molar-refractivity contribution in [3.8, 4) is 6.07 Å². The summed E-state index contributed by atoms with van der Waals surface area (Å²) in [6.07, 6.45) is 1.01. The van der Waals surface area contributed by atoms with Crippen LogP contribution in [0.4, 0.5) is 0 Å². The van der Waals surface area contributed by atoms with Crippen molar-refractivity contribution in [2.24, 2.45) is 0 Å². The highest BCUT2D eigenvalue weighted by Gasteiger charge is 2.31. The van der Waals surface area contributed by atoms with Crippen molar-refractivity contribution in [1.29, 1.82) is 5.26 Å². The van der Waals surface area contributed by atoms with E-state index in [0.29, 0.717) is 5.75 Å². The topological polar surface area (TPSA) is 35.8 Å². The molecule has 0 spiro atoms. The maximum Gasteiger partial charge on any atom is 0.141 e. The number of benzene rings is 1. The van der Waals surface area contributed by atoms with Crippen molar-refractivity contribution in [2.45, 2.75) is 23.1 Å². The summed E-state index contributed by atoms with van der Waals surface area (Å²) in [5, 5.41) is 15.3. The second-order valence-electron chi connectivity index (χ2n) is 4.53. The Balaban J connectivity index is 2.21. The highest BCUT2D eigenvalue weighted by Crippen LogP contribution is 2.31. The molecule has 1 aromatic carbocycles. The summed E-state index contributed by atoms with van der Waals surface area (Å²) in [6, 6.07) is 16.7. The molecular weight excluding hydrogens is 284 g/mol. The minimum atomic E-state index is -0.619. The van der Waals surface area contributed by atoms with Crippen LogP contribution < -0.4 is 5.32 Å². The molecular formula is C16H18N2S2. The number of thiophene rings is 1.